The van der Waals surface area contributed by atoms with E-state index >= 15 is 0 Å². The van der Waals surface area contributed by atoms with E-state index in [9.17, 15) is 5.53 Å². The van der Waals surface area contributed by atoms with Crippen LogP contribution in [0.5, 0.6) is 0 Å². The largest absolute Gasteiger partial charge is 0.493 e. The molecular weight excluding hydrogens is 316 g/mol. The van der Waals surface area contributed by atoms with Gasteiger partial charge in [-0.25, -0.2) is 4.70 Å². The zero-order valence-corrected chi connectivity index (χ0v) is 16.1. The topological polar surface area (TPSA) is 25.3 Å². The van der Waals surface area contributed by atoms with E-state index in [0.29, 0.717) is 0 Å². The van der Waals surface area contributed by atoms with Crippen LogP contribution in [0.2, 0.25) is 0 Å². The van der Waals surface area contributed by atoms with Crippen LogP contribution in [0, 0.1) is 13.8 Å². The summed E-state index contributed by atoms with van der Waals surface area (Å²) in [6.45, 7) is 6.41. The van der Waals surface area contributed by atoms with Gasteiger partial charge in [-0.1, -0.05) is 61.6 Å². The fraction of sp³-hybridized carbons (Fsp3) is 0.333. The van der Waals surface area contributed by atoms with E-state index < -0.39 is 0 Å². The molecule has 26 heavy (non-hydrogen) atoms. The molecule has 2 nitrogen and oxygen atoms in total. The fourth-order valence-corrected chi connectivity index (χ4v) is 3.59. The summed E-state index contributed by atoms with van der Waals surface area (Å²) in [5, 5.41) is 0. The molecule has 2 aromatic rings. The summed E-state index contributed by atoms with van der Waals surface area (Å²) in [6.07, 6.45) is 8.06. The molecule has 134 valence electrons. The number of nitrogens with zero attached hydrogens (tertiary/aromatic N) is 2. The summed E-state index contributed by atoms with van der Waals surface area (Å²) < 4.78 is 1.39. The van der Waals surface area contributed by atoms with Crippen LogP contribution in [-0.4, -0.2) is 4.70 Å². The molecule has 2 aromatic carbocycles. The van der Waals surface area contributed by atoms with Crippen molar-refractivity contribution in [2.75, 3.05) is 0 Å². The molecule has 0 radical (unpaired) electrons. The van der Waals surface area contributed by atoms with Crippen LogP contribution in [-0.2, 0) is 0 Å². The van der Waals surface area contributed by atoms with Crippen LogP contribution in [0.15, 0.2) is 60.2 Å². The Morgan fingerprint density at radius 3 is 2.15 bits per heavy atom. The van der Waals surface area contributed by atoms with Crippen LogP contribution in [0.1, 0.15) is 61.3 Å². The lowest BCUT2D eigenvalue weighted by Crippen LogP contribution is -2.02. The van der Waals surface area contributed by atoms with E-state index in [0.717, 1.165) is 35.4 Å². The first-order valence-electron chi connectivity index (χ1n) is 9.68. The maximum atomic E-state index is 11.0. The third-order valence-electron chi connectivity index (χ3n) is 4.96. The first kappa shape index (κ1) is 18.3. The normalized spacial score (nSPS) is 14.1. The van der Waals surface area contributed by atoms with Crippen LogP contribution in [0.4, 0.5) is 0 Å². The number of aryl methyl sites for hydroxylation is 2. The summed E-state index contributed by atoms with van der Waals surface area (Å²) in [7, 11) is 0. The molecule has 2 heteroatoms. The zero-order valence-electron chi connectivity index (χ0n) is 16.1. The lowest BCUT2D eigenvalue weighted by Gasteiger charge is -2.10. The molecule has 0 aromatic heterocycles. The number of hydrogen-bond acceptors (Lipinski definition) is 0. The minimum absolute atomic E-state index is 0.871. The molecule has 0 fully saturated rings. The third kappa shape index (κ3) is 4.01. The predicted octanol–water partition coefficient (Wildman–Crippen LogP) is 7.07. The van der Waals surface area contributed by atoms with Crippen molar-refractivity contribution in [3.05, 3.63) is 88.0 Å². The Balaban J connectivity index is 1.96. The van der Waals surface area contributed by atoms with Gasteiger partial charge in [0.15, 0.2) is 0 Å². The minimum atomic E-state index is 0.871. The zero-order chi connectivity index (χ0) is 18.5. The van der Waals surface area contributed by atoms with E-state index in [-0.39, 0.29) is 0 Å². The molecule has 0 bridgehead atoms. The van der Waals surface area contributed by atoms with Crippen molar-refractivity contribution in [2.45, 2.75) is 52.9 Å². The number of unbranched alkanes of at least 4 members (excludes halogenated alkanes) is 3. The molecule has 0 aliphatic carbocycles. The summed E-state index contributed by atoms with van der Waals surface area (Å²) in [6, 6.07) is 16.7. The van der Waals surface area contributed by atoms with E-state index in [1.165, 1.54) is 40.7 Å². The predicted molar refractivity (Wildman–Crippen MR) is 110 cm³/mol. The highest BCUT2D eigenvalue weighted by atomic mass is 15.2. The highest BCUT2D eigenvalue weighted by Gasteiger charge is 2.28. The number of allylic oxidation sites excluding steroid dienone is 2. The Kier molecular flexibility index (Phi) is 5.82. The van der Waals surface area contributed by atoms with Gasteiger partial charge in [0.2, 0.25) is 11.4 Å². The van der Waals surface area contributed by atoms with Crippen LogP contribution < -0.4 is 0 Å². The van der Waals surface area contributed by atoms with Gasteiger partial charge in [-0.2, -0.15) is 0 Å². The summed E-state index contributed by atoms with van der Waals surface area (Å²) >= 11 is 0. The molecule has 1 heterocycles. The molecule has 0 atom stereocenters. The molecule has 1 aliphatic heterocycles. The number of hydrogen-bond donors (Lipinski definition) is 0. The SMILES string of the molecule is CCCCCCC1=C(c2cccc(C)c2)[N+](=[N-])C(c2cccc(C)c2)=C1. The highest BCUT2D eigenvalue weighted by Crippen LogP contribution is 2.37. The van der Waals surface area contributed by atoms with E-state index in [1.54, 1.807) is 0 Å². The van der Waals surface area contributed by atoms with Gasteiger partial charge >= 0.3 is 0 Å². The van der Waals surface area contributed by atoms with Crippen LogP contribution >= 0.6 is 0 Å². The first-order chi connectivity index (χ1) is 12.6. The van der Waals surface area contributed by atoms with Gasteiger partial charge in [0.1, 0.15) is 0 Å². The Hall–Kier alpha value is -2.48. The third-order valence-corrected chi connectivity index (χ3v) is 4.96. The Morgan fingerprint density at radius 2 is 1.50 bits per heavy atom. The first-order valence-corrected chi connectivity index (χ1v) is 9.68. The quantitative estimate of drug-likeness (QED) is 0.379. The number of rotatable bonds is 7. The molecule has 3 rings (SSSR count). The van der Waals surface area contributed by atoms with Gasteiger partial charge in [0, 0.05) is 22.8 Å². The second-order valence-corrected chi connectivity index (χ2v) is 7.26. The number of benzene rings is 2. The maximum Gasteiger partial charge on any atom is 0.210 e. The second kappa shape index (κ2) is 8.27. The molecular formula is C24H28N2. The molecule has 0 N–H and O–H groups in total. The van der Waals surface area contributed by atoms with Gasteiger partial charge in [-0.15, -0.1) is 0 Å². The second-order valence-electron chi connectivity index (χ2n) is 7.26. The average molecular weight is 345 g/mol. The van der Waals surface area contributed by atoms with Crippen molar-refractivity contribution in [1.29, 1.82) is 0 Å². The van der Waals surface area contributed by atoms with Crippen molar-refractivity contribution in [3.8, 4) is 0 Å². The summed E-state index contributed by atoms with van der Waals surface area (Å²) in [4.78, 5) is 0. The summed E-state index contributed by atoms with van der Waals surface area (Å²) in [5.74, 6) is 0. The highest BCUT2D eigenvalue weighted by molar-refractivity contribution is 5.78. The van der Waals surface area contributed by atoms with E-state index in [2.05, 4.69) is 69.3 Å². The minimum Gasteiger partial charge on any atom is -0.493 e. The molecule has 0 saturated heterocycles. The van der Waals surface area contributed by atoms with Gasteiger partial charge in [-0.3, -0.25) is 0 Å². The molecule has 0 amide bonds. The van der Waals surface area contributed by atoms with Crippen molar-refractivity contribution < 1.29 is 4.70 Å². The van der Waals surface area contributed by atoms with Crippen molar-refractivity contribution in [3.63, 3.8) is 0 Å². The standard InChI is InChI=1S/C24H28N2/c1-4-5-6-7-12-22-17-23(20-13-8-10-18(2)15-20)26(25)24(22)21-14-9-11-19(3)16-21/h8-11,13-17H,4-7,12H2,1-3H3. The Bertz CT molecular complexity index is 871. The van der Waals surface area contributed by atoms with Crippen LogP contribution in [0.25, 0.3) is 16.9 Å². The van der Waals surface area contributed by atoms with Gasteiger partial charge in [0.05, 0.1) is 0 Å². The van der Waals surface area contributed by atoms with Crippen molar-refractivity contribution >= 4 is 11.4 Å². The van der Waals surface area contributed by atoms with Crippen LogP contribution in [0.3, 0.4) is 0 Å². The maximum absolute atomic E-state index is 11.0. The fourth-order valence-electron chi connectivity index (χ4n) is 3.59. The monoisotopic (exact) mass is 344 g/mol. The summed E-state index contributed by atoms with van der Waals surface area (Å²) in [5.41, 5.74) is 18.6. The average Bonchev–Trinajstić information content (AvgIpc) is 2.95. The Labute approximate surface area is 157 Å². The molecule has 1 aliphatic rings. The van der Waals surface area contributed by atoms with Gasteiger partial charge in [0.25, 0.3) is 0 Å². The van der Waals surface area contributed by atoms with Crippen molar-refractivity contribution in [2.24, 2.45) is 0 Å². The molecule has 0 spiro atoms. The van der Waals surface area contributed by atoms with E-state index in [4.69, 9.17) is 0 Å². The van der Waals surface area contributed by atoms with E-state index in [1.807, 2.05) is 6.07 Å². The van der Waals surface area contributed by atoms with Gasteiger partial charge < -0.3 is 5.53 Å². The molecule has 0 unspecified atom stereocenters. The lowest BCUT2D eigenvalue weighted by atomic mass is 10.0. The van der Waals surface area contributed by atoms with Crippen molar-refractivity contribution in [1.82, 2.24) is 0 Å². The lowest BCUT2D eigenvalue weighted by molar-refractivity contribution is -0.344. The van der Waals surface area contributed by atoms with Gasteiger partial charge in [-0.05, 0) is 51.0 Å². The molecule has 0 saturated carbocycles. The smallest absolute Gasteiger partial charge is 0.210 e. The Morgan fingerprint density at radius 1 is 0.846 bits per heavy atom.